The molecule has 0 saturated carbocycles. The zero-order valence-corrected chi connectivity index (χ0v) is 9.56. The molecule has 0 unspecified atom stereocenters. The van der Waals surface area contributed by atoms with E-state index in [4.69, 9.17) is 9.47 Å². The van der Waals surface area contributed by atoms with Crippen molar-refractivity contribution in [2.75, 3.05) is 13.2 Å². The van der Waals surface area contributed by atoms with Crippen LogP contribution in [0.5, 0.6) is 0 Å². The lowest BCUT2D eigenvalue weighted by molar-refractivity contribution is -0.0712. The monoisotopic (exact) mass is 222 g/mol. The second-order valence-electron chi connectivity index (χ2n) is 4.47. The van der Waals surface area contributed by atoms with Crippen LogP contribution in [0.15, 0.2) is 30.3 Å². The molecular formula is C13H18O3. The number of benzene rings is 1. The van der Waals surface area contributed by atoms with Crippen LogP contribution >= 0.6 is 0 Å². The standard InChI is InChI=1S/C13H18O3/c1-13(14)7-8-16-12(13)10-15-9-11-5-3-2-4-6-11/h2-6,12,14H,7-10H2,1H3/t12-,13-/m0/s1. The third kappa shape index (κ3) is 2.82. The molecule has 1 aromatic rings. The third-order valence-electron chi connectivity index (χ3n) is 3.00. The second-order valence-corrected chi connectivity index (χ2v) is 4.47. The summed E-state index contributed by atoms with van der Waals surface area (Å²) in [5, 5.41) is 9.95. The highest BCUT2D eigenvalue weighted by Gasteiger charge is 2.37. The number of hydrogen-bond donors (Lipinski definition) is 1. The topological polar surface area (TPSA) is 38.7 Å². The normalized spacial score (nSPS) is 29.5. The Morgan fingerprint density at radius 1 is 1.44 bits per heavy atom. The van der Waals surface area contributed by atoms with E-state index in [1.807, 2.05) is 30.3 Å². The van der Waals surface area contributed by atoms with Gasteiger partial charge in [0.15, 0.2) is 0 Å². The second kappa shape index (κ2) is 4.95. The predicted molar refractivity (Wildman–Crippen MR) is 61.1 cm³/mol. The van der Waals surface area contributed by atoms with E-state index in [-0.39, 0.29) is 6.10 Å². The zero-order valence-electron chi connectivity index (χ0n) is 9.56. The molecule has 1 heterocycles. The molecule has 2 rings (SSSR count). The number of hydrogen-bond acceptors (Lipinski definition) is 3. The van der Waals surface area contributed by atoms with Crippen molar-refractivity contribution >= 4 is 0 Å². The Labute approximate surface area is 96.0 Å². The maximum absolute atomic E-state index is 9.95. The van der Waals surface area contributed by atoms with Crippen LogP contribution < -0.4 is 0 Å². The lowest BCUT2D eigenvalue weighted by Crippen LogP contribution is -2.37. The van der Waals surface area contributed by atoms with Gasteiger partial charge < -0.3 is 14.6 Å². The molecular weight excluding hydrogens is 204 g/mol. The highest BCUT2D eigenvalue weighted by atomic mass is 16.5. The van der Waals surface area contributed by atoms with E-state index in [2.05, 4.69) is 0 Å². The van der Waals surface area contributed by atoms with Gasteiger partial charge in [0, 0.05) is 6.42 Å². The fourth-order valence-corrected chi connectivity index (χ4v) is 1.83. The number of ether oxygens (including phenoxy) is 2. The molecule has 0 aliphatic carbocycles. The fraction of sp³-hybridized carbons (Fsp3) is 0.538. The van der Waals surface area contributed by atoms with Crippen molar-refractivity contribution in [2.24, 2.45) is 0 Å². The molecule has 1 aliphatic rings. The molecule has 0 aromatic heterocycles. The molecule has 1 aliphatic heterocycles. The van der Waals surface area contributed by atoms with Crippen LogP contribution in [-0.2, 0) is 16.1 Å². The molecule has 3 heteroatoms. The van der Waals surface area contributed by atoms with Crippen LogP contribution in [0.3, 0.4) is 0 Å². The first kappa shape index (κ1) is 11.6. The highest BCUT2D eigenvalue weighted by Crippen LogP contribution is 2.25. The average molecular weight is 222 g/mol. The van der Waals surface area contributed by atoms with Crippen molar-refractivity contribution in [3.63, 3.8) is 0 Å². The van der Waals surface area contributed by atoms with Gasteiger partial charge in [-0.2, -0.15) is 0 Å². The Morgan fingerprint density at radius 2 is 2.19 bits per heavy atom. The molecule has 0 bridgehead atoms. The quantitative estimate of drug-likeness (QED) is 0.843. The van der Waals surface area contributed by atoms with Gasteiger partial charge in [-0.3, -0.25) is 0 Å². The summed E-state index contributed by atoms with van der Waals surface area (Å²) in [5.74, 6) is 0. The van der Waals surface area contributed by atoms with Crippen LogP contribution in [0.25, 0.3) is 0 Å². The van der Waals surface area contributed by atoms with Gasteiger partial charge in [0.05, 0.1) is 25.4 Å². The molecule has 3 nitrogen and oxygen atoms in total. The van der Waals surface area contributed by atoms with E-state index in [0.29, 0.717) is 26.2 Å². The maximum atomic E-state index is 9.95. The third-order valence-corrected chi connectivity index (χ3v) is 3.00. The minimum atomic E-state index is -0.739. The lowest BCUT2D eigenvalue weighted by Gasteiger charge is -2.23. The summed E-state index contributed by atoms with van der Waals surface area (Å²) in [5.41, 5.74) is 0.400. The van der Waals surface area contributed by atoms with Gasteiger partial charge in [0.25, 0.3) is 0 Å². The summed E-state index contributed by atoms with van der Waals surface area (Å²) >= 11 is 0. The highest BCUT2D eigenvalue weighted by molar-refractivity contribution is 5.13. The number of rotatable bonds is 4. The van der Waals surface area contributed by atoms with Crippen LogP contribution in [-0.4, -0.2) is 30.0 Å². The van der Waals surface area contributed by atoms with Crippen LogP contribution in [0.1, 0.15) is 18.9 Å². The molecule has 1 aromatic carbocycles. The molecule has 16 heavy (non-hydrogen) atoms. The van der Waals surface area contributed by atoms with Crippen molar-refractivity contribution in [2.45, 2.75) is 31.7 Å². The average Bonchev–Trinajstić information content (AvgIpc) is 2.60. The van der Waals surface area contributed by atoms with Gasteiger partial charge in [-0.05, 0) is 12.5 Å². The van der Waals surface area contributed by atoms with Crippen molar-refractivity contribution in [3.05, 3.63) is 35.9 Å². The van der Waals surface area contributed by atoms with Gasteiger partial charge in [-0.1, -0.05) is 30.3 Å². The summed E-state index contributed by atoms with van der Waals surface area (Å²) in [6.45, 7) is 3.43. The minimum Gasteiger partial charge on any atom is -0.387 e. The van der Waals surface area contributed by atoms with Crippen molar-refractivity contribution < 1.29 is 14.6 Å². The Hall–Kier alpha value is -0.900. The van der Waals surface area contributed by atoms with Crippen LogP contribution in [0.2, 0.25) is 0 Å². The summed E-state index contributed by atoms with van der Waals surface area (Å²) in [7, 11) is 0. The molecule has 0 amide bonds. The van der Waals surface area contributed by atoms with Gasteiger partial charge in [0.2, 0.25) is 0 Å². The van der Waals surface area contributed by atoms with Crippen molar-refractivity contribution in [1.82, 2.24) is 0 Å². The van der Waals surface area contributed by atoms with Gasteiger partial charge >= 0.3 is 0 Å². The summed E-state index contributed by atoms with van der Waals surface area (Å²) in [4.78, 5) is 0. The maximum Gasteiger partial charge on any atom is 0.109 e. The van der Waals surface area contributed by atoms with E-state index < -0.39 is 5.60 Å². The first-order chi connectivity index (χ1) is 7.68. The Kier molecular flexibility index (Phi) is 3.59. The van der Waals surface area contributed by atoms with E-state index in [1.54, 1.807) is 6.92 Å². The van der Waals surface area contributed by atoms with Gasteiger partial charge in [-0.25, -0.2) is 0 Å². The van der Waals surface area contributed by atoms with Gasteiger partial charge in [-0.15, -0.1) is 0 Å². The zero-order chi connectivity index (χ0) is 11.4. The molecule has 1 fully saturated rings. The SMILES string of the molecule is C[C@]1(O)CCO[C@H]1COCc1ccccc1. The predicted octanol–water partition coefficient (Wildman–Crippen LogP) is 1.74. The minimum absolute atomic E-state index is 0.198. The molecule has 2 atom stereocenters. The molecule has 1 N–H and O–H groups in total. The van der Waals surface area contributed by atoms with E-state index in [0.717, 1.165) is 5.56 Å². The lowest BCUT2D eigenvalue weighted by atomic mass is 9.99. The Balaban J connectivity index is 1.76. The fourth-order valence-electron chi connectivity index (χ4n) is 1.83. The molecule has 0 radical (unpaired) electrons. The number of aliphatic hydroxyl groups is 1. The largest absolute Gasteiger partial charge is 0.387 e. The first-order valence-electron chi connectivity index (χ1n) is 5.64. The summed E-state index contributed by atoms with van der Waals surface area (Å²) in [6, 6.07) is 10.00. The van der Waals surface area contributed by atoms with Crippen molar-refractivity contribution in [1.29, 1.82) is 0 Å². The molecule has 88 valence electrons. The van der Waals surface area contributed by atoms with Crippen molar-refractivity contribution in [3.8, 4) is 0 Å². The summed E-state index contributed by atoms with van der Waals surface area (Å²) < 4.78 is 11.0. The van der Waals surface area contributed by atoms with E-state index >= 15 is 0 Å². The summed E-state index contributed by atoms with van der Waals surface area (Å²) in [6.07, 6.45) is 0.489. The smallest absolute Gasteiger partial charge is 0.109 e. The van der Waals surface area contributed by atoms with E-state index in [9.17, 15) is 5.11 Å². The Morgan fingerprint density at radius 3 is 2.81 bits per heavy atom. The van der Waals surface area contributed by atoms with Crippen LogP contribution in [0, 0.1) is 0 Å². The van der Waals surface area contributed by atoms with E-state index in [1.165, 1.54) is 0 Å². The van der Waals surface area contributed by atoms with Gasteiger partial charge in [0.1, 0.15) is 6.10 Å². The Bertz CT molecular complexity index is 321. The van der Waals surface area contributed by atoms with Crippen LogP contribution in [0.4, 0.5) is 0 Å². The molecule has 0 spiro atoms. The first-order valence-corrected chi connectivity index (χ1v) is 5.64. The molecule has 1 saturated heterocycles.